The first-order chi connectivity index (χ1) is 9.46. The second-order valence-corrected chi connectivity index (χ2v) is 4.88. The lowest BCUT2D eigenvalue weighted by Gasteiger charge is -2.29. The molecule has 0 spiro atoms. The van der Waals surface area contributed by atoms with Gasteiger partial charge in [-0.15, -0.1) is 0 Å². The van der Waals surface area contributed by atoms with Crippen LogP contribution in [-0.4, -0.2) is 95.8 Å². The summed E-state index contributed by atoms with van der Waals surface area (Å²) < 4.78 is 9.63. The Kier molecular flexibility index (Phi) is 9.47. The molecule has 0 aromatic carbocycles. The van der Waals surface area contributed by atoms with E-state index in [1.165, 1.54) is 0 Å². The number of hydrogen-bond donors (Lipinski definition) is 7. The molecule has 0 fully saturated rings. The molecule has 7 N–H and O–H groups in total. The molecule has 9 nitrogen and oxygen atoms in total. The highest BCUT2D eigenvalue weighted by atomic mass is 16.7. The number of hydrogen-bond acceptors (Lipinski definition) is 9. The maximum absolute atomic E-state index is 9.41. The van der Waals surface area contributed by atoms with Gasteiger partial charge in [-0.1, -0.05) is 0 Å². The summed E-state index contributed by atoms with van der Waals surface area (Å²) in [5.74, 6) is 0. The van der Waals surface area contributed by atoms with Crippen LogP contribution < -0.4 is 0 Å². The van der Waals surface area contributed by atoms with Gasteiger partial charge < -0.3 is 45.0 Å². The maximum atomic E-state index is 9.41. The zero-order valence-electron chi connectivity index (χ0n) is 11.2. The van der Waals surface area contributed by atoms with E-state index in [-0.39, 0.29) is 13.2 Å². The van der Waals surface area contributed by atoms with Crippen LogP contribution in [-0.2, 0) is 9.31 Å². The lowest BCUT2D eigenvalue weighted by molar-refractivity contribution is -0.0572. The minimum Gasteiger partial charge on any atom is -0.402 e. The topological polar surface area (TPSA) is 160 Å². The highest BCUT2D eigenvalue weighted by molar-refractivity contribution is 6.34. The van der Waals surface area contributed by atoms with Gasteiger partial charge in [0, 0.05) is 13.2 Å². The third-order valence-corrected chi connectivity index (χ3v) is 3.08. The summed E-state index contributed by atoms with van der Waals surface area (Å²) in [4.78, 5) is 0. The van der Waals surface area contributed by atoms with Crippen LogP contribution in [0.1, 0.15) is 0 Å². The number of rotatable bonds is 12. The van der Waals surface area contributed by atoms with Gasteiger partial charge in [0.2, 0.25) is 0 Å². The minimum atomic E-state index is -1.76. The predicted octanol–water partition coefficient (Wildman–Crippen LogP) is -4.08. The van der Waals surface area contributed by atoms with Crippen LogP contribution in [0.15, 0.2) is 0 Å². The first-order valence-corrected chi connectivity index (χ1v) is 6.03. The van der Waals surface area contributed by atoms with E-state index in [1.54, 1.807) is 0 Å². The van der Waals surface area contributed by atoms with Gasteiger partial charge in [-0.3, -0.25) is 0 Å². The highest BCUT2D eigenvalue weighted by Crippen LogP contribution is 2.17. The first-order valence-electron chi connectivity index (χ1n) is 6.03. The lowest BCUT2D eigenvalue weighted by Crippen LogP contribution is -2.44. The van der Waals surface area contributed by atoms with Crippen molar-refractivity contribution in [3.05, 3.63) is 0 Å². The molecule has 0 unspecified atom stereocenters. The molecule has 10 heteroatoms. The summed E-state index contributed by atoms with van der Waals surface area (Å²) in [6, 6.07) is 0. The molecule has 0 aromatic heterocycles. The van der Waals surface area contributed by atoms with Crippen molar-refractivity contribution < 1.29 is 45.0 Å². The van der Waals surface area contributed by atoms with Crippen molar-refractivity contribution >= 4 is 7.32 Å². The average Bonchev–Trinajstić information content (AvgIpc) is 2.51. The largest absolute Gasteiger partial charge is 0.636 e. The van der Waals surface area contributed by atoms with Crippen molar-refractivity contribution in [1.82, 2.24) is 0 Å². The van der Waals surface area contributed by atoms with E-state index in [0.29, 0.717) is 0 Å². The van der Waals surface area contributed by atoms with E-state index in [0.717, 1.165) is 0 Å². The van der Waals surface area contributed by atoms with E-state index in [9.17, 15) is 5.02 Å². The smallest absolute Gasteiger partial charge is 0.402 e. The fourth-order valence-corrected chi connectivity index (χ4v) is 1.12. The number of aliphatic hydroxyl groups excluding tert-OH is 6. The molecule has 0 aliphatic heterocycles. The van der Waals surface area contributed by atoms with Crippen molar-refractivity contribution in [1.29, 1.82) is 0 Å². The van der Waals surface area contributed by atoms with Crippen LogP contribution in [0.25, 0.3) is 0 Å². The normalized spacial score (nSPS) is 12.8. The molecule has 0 amide bonds. The zero-order chi connectivity index (χ0) is 15.6. The van der Waals surface area contributed by atoms with Crippen LogP contribution >= 0.6 is 0 Å². The van der Waals surface area contributed by atoms with Crippen molar-refractivity contribution in [3.8, 4) is 0 Å². The Hall–Kier alpha value is -0.295. The predicted molar refractivity (Wildman–Crippen MR) is 67.3 cm³/mol. The Morgan fingerprint density at radius 1 is 0.600 bits per heavy atom. The molecule has 0 heterocycles. The van der Waals surface area contributed by atoms with E-state index in [4.69, 9.17) is 39.9 Å². The molecule has 0 bridgehead atoms. The molecular formula is C10H23BO9. The van der Waals surface area contributed by atoms with E-state index >= 15 is 0 Å². The summed E-state index contributed by atoms with van der Waals surface area (Å²) >= 11 is 0. The van der Waals surface area contributed by atoms with Crippen LogP contribution in [0.4, 0.5) is 0 Å². The van der Waals surface area contributed by atoms with Crippen LogP contribution in [0.2, 0.25) is 0 Å². The Morgan fingerprint density at radius 3 is 1.05 bits per heavy atom. The maximum Gasteiger partial charge on any atom is 0.636 e. The van der Waals surface area contributed by atoms with Gasteiger partial charge in [0.15, 0.2) is 0 Å². The first kappa shape index (κ1) is 19.7. The van der Waals surface area contributed by atoms with E-state index in [2.05, 4.69) is 0 Å². The minimum absolute atomic E-state index is 0.373. The quantitative estimate of drug-likeness (QED) is 0.178. The van der Waals surface area contributed by atoms with Gasteiger partial charge in [-0.2, -0.15) is 0 Å². The molecule has 0 radical (unpaired) electrons. The molecule has 0 atom stereocenters. The van der Waals surface area contributed by atoms with Gasteiger partial charge in [0.05, 0.1) is 50.5 Å². The van der Waals surface area contributed by atoms with Gasteiger partial charge in [-0.25, -0.2) is 0 Å². The van der Waals surface area contributed by atoms with Gasteiger partial charge in [-0.05, 0) is 0 Å². The Bertz CT molecular complexity index is 204. The van der Waals surface area contributed by atoms with Crippen molar-refractivity contribution in [2.75, 3.05) is 52.9 Å². The van der Waals surface area contributed by atoms with Gasteiger partial charge in [0.1, 0.15) is 0 Å². The summed E-state index contributed by atoms with van der Waals surface area (Å²) in [7, 11) is -1.76. The van der Waals surface area contributed by atoms with Crippen LogP contribution in [0, 0.1) is 10.8 Å². The second-order valence-electron chi connectivity index (χ2n) is 4.88. The lowest BCUT2D eigenvalue weighted by atomic mass is 9.91. The zero-order valence-corrected chi connectivity index (χ0v) is 11.2. The van der Waals surface area contributed by atoms with Crippen molar-refractivity contribution in [2.24, 2.45) is 10.8 Å². The summed E-state index contributed by atoms with van der Waals surface area (Å²) in [6.45, 7) is -4.08. The molecule has 0 aromatic rings. The molecular weight excluding hydrogens is 275 g/mol. The Labute approximate surface area is 117 Å². The second kappa shape index (κ2) is 9.61. The third kappa shape index (κ3) is 5.60. The van der Waals surface area contributed by atoms with Crippen molar-refractivity contribution in [3.63, 3.8) is 0 Å². The summed E-state index contributed by atoms with van der Waals surface area (Å²) in [5.41, 5.74) is -2.63. The van der Waals surface area contributed by atoms with E-state index in [1.807, 2.05) is 0 Å². The van der Waals surface area contributed by atoms with Crippen molar-refractivity contribution in [2.45, 2.75) is 0 Å². The fourth-order valence-electron chi connectivity index (χ4n) is 1.12. The Morgan fingerprint density at radius 2 is 0.850 bits per heavy atom. The van der Waals surface area contributed by atoms with Crippen LogP contribution in [0.5, 0.6) is 0 Å². The van der Waals surface area contributed by atoms with E-state index < -0.39 is 57.8 Å². The van der Waals surface area contributed by atoms with Crippen LogP contribution in [0.3, 0.4) is 0 Å². The molecule has 0 rings (SSSR count). The summed E-state index contributed by atoms with van der Waals surface area (Å²) in [5, 5.41) is 63.7. The Balaban J connectivity index is 4.26. The standard InChI is InChI=1S/C10H23BO9/c12-1-9(2-13,3-14)7-19-11(18)20-8-10(4-15,5-16)6-17/h12-18H,1-8H2. The molecule has 0 saturated heterocycles. The molecule has 0 aliphatic rings. The molecule has 20 heavy (non-hydrogen) atoms. The molecule has 0 aliphatic carbocycles. The molecule has 120 valence electrons. The molecule has 0 saturated carbocycles. The highest BCUT2D eigenvalue weighted by Gasteiger charge is 2.34. The van der Waals surface area contributed by atoms with Gasteiger partial charge in [0.25, 0.3) is 0 Å². The number of aliphatic hydroxyl groups is 6. The SMILES string of the molecule is OCC(CO)(CO)COB(O)OCC(CO)(CO)CO. The summed E-state index contributed by atoms with van der Waals surface area (Å²) in [6.07, 6.45) is 0. The van der Waals surface area contributed by atoms with Gasteiger partial charge >= 0.3 is 7.32 Å². The fraction of sp³-hybridized carbons (Fsp3) is 1.00. The monoisotopic (exact) mass is 298 g/mol. The average molecular weight is 298 g/mol. The third-order valence-electron chi connectivity index (χ3n) is 3.08.